The molecule has 0 unspecified atom stereocenters. The Morgan fingerprint density at radius 1 is 1.56 bits per heavy atom. The predicted octanol–water partition coefficient (Wildman–Crippen LogP) is -2.07. The van der Waals surface area contributed by atoms with Crippen LogP contribution in [-0.2, 0) is 11.3 Å². The Kier molecular flexibility index (Phi) is 3.37. The third kappa shape index (κ3) is 2.53. The first-order valence-electron chi connectivity index (χ1n) is 5.25. The number of hydrogen-bond acceptors (Lipinski definition) is 6. The van der Waals surface area contributed by atoms with Crippen LogP contribution in [0.15, 0.2) is 0 Å². The van der Waals surface area contributed by atoms with Gasteiger partial charge in [-0.2, -0.15) is 5.21 Å². The Morgan fingerprint density at radius 3 is 2.94 bits per heavy atom. The number of carbonyl (C=O) groups is 2. The number of nitrogens with zero attached hydrogens (tertiary/aromatic N) is 4. The molecule has 1 saturated heterocycles. The van der Waals surface area contributed by atoms with Crippen molar-refractivity contribution in [2.75, 3.05) is 6.54 Å². The SMILES string of the molecule is O=C(O)[C@@H]1C[C@H](O)CN1C(=O)NCc1nn[nH]n1. The van der Waals surface area contributed by atoms with Crippen LogP contribution < -0.4 is 5.32 Å². The second-order valence-corrected chi connectivity index (χ2v) is 3.88. The van der Waals surface area contributed by atoms with E-state index in [2.05, 4.69) is 25.9 Å². The molecular formula is C8H12N6O4. The van der Waals surface area contributed by atoms with Crippen molar-refractivity contribution in [3.8, 4) is 0 Å². The summed E-state index contributed by atoms with van der Waals surface area (Å²) in [6.45, 7) is 0.0311. The van der Waals surface area contributed by atoms with E-state index in [1.165, 1.54) is 0 Å². The maximum Gasteiger partial charge on any atom is 0.326 e. The fourth-order valence-electron chi connectivity index (χ4n) is 1.79. The molecule has 0 aliphatic carbocycles. The highest BCUT2D eigenvalue weighted by Crippen LogP contribution is 2.18. The van der Waals surface area contributed by atoms with E-state index in [1.54, 1.807) is 0 Å². The van der Waals surface area contributed by atoms with Crippen molar-refractivity contribution in [3.63, 3.8) is 0 Å². The summed E-state index contributed by atoms with van der Waals surface area (Å²) < 4.78 is 0. The number of aliphatic carboxylic acids is 1. The van der Waals surface area contributed by atoms with E-state index in [-0.39, 0.29) is 25.3 Å². The molecular weight excluding hydrogens is 244 g/mol. The Morgan fingerprint density at radius 2 is 2.33 bits per heavy atom. The number of carboxylic acid groups (broad SMARTS) is 1. The molecule has 0 bridgehead atoms. The number of likely N-dealkylation sites (tertiary alicyclic amines) is 1. The summed E-state index contributed by atoms with van der Waals surface area (Å²) in [6, 6.07) is -1.59. The summed E-state index contributed by atoms with van der Waals surface area (Å²) in [4.78, 5) is 23.8. The van der Waals surface area contributed by atoms with Crippen LogP contribution in [0.4, 0.5) is 4.79 Å². The average molecular weight is 256 g/mol. The van der Waals surface area contributed by atoms with Crippen LogP contribution in [0.2, 0.25) is 0 Å². The summed E-state index contributed by atoms with van der Waals surface area (Å²) in [7, 11) is 0. The zero-order valence-corrected chi connectivity index (χ0v) is 9.28. The Bertz CT molecular complexity index is 435. The molecule has 98 valence electrons. The minimum atomic E-state index is -1.14. The van der Waals surface area contributed by atoms with Gasteiger partial charge < -0.3 is 20.4 Å². The third-order valence-electron chi connectivity index (χ3n) is 2.61. The van der Waals surface area contributed by atoms with Gasteiger partial charge in [0.05, 0.1) is 12.6 Å². The van der Waals surface area contributed by atoms with Gasteiger partial charge in [0, 0.05) is 13.0 Å². The van der Waals surface area contributed by atoms with Crippen LogP contribution in [-0.4, -0.2) is 66.4 Å². The minimum absolute atomic E-state index is 0.00492. The van der Waals surface area contributed by atoms with Gasteiger partial charge in [0.2, 0.25) is 0 Å². The number of aromatic nitrogens is 4. The van der Waals surface area contributed by atoms with Crippen molar-refractivity contribution < 1.29 is 19.8 Å². The lowest BCUT2D eigenvalue weighted by Crippen LogP contribution is -2.46. The monoisotopic (exact) mass is 256 g/mol. The Balaban J connectivity index is 1.93. The first-order chi connectivity index (χ1) is 8.58. The van der Waals surface area contributed by atoms with E-state index >= 15 is 0 Å². The highest BCUT2D eigenvalue weighted by Gasteiger charge is 2.38. The number of aliphatic hydroxyl groups excluding tert-OH is 1. The van der Waals surface area contributed by atoms with E-state index in [1.807, 2.05) is 0 Å². The molecule has 10 heteroatoms. The predicted molar refractivity (Wildman–Crippen MR) is 55.2 cm³/mol. The molecule has 1 aromatic rings. The number of rotatable bonds is 3. The van der Waals surface area contributed by atoms with Crippen LogP contribution in [0.3, 0.4) is 0 Å². The molecule has 0 spiro atoms. The van der Waals surface area contributed by atoms with Gasteiger partial charge in [-0.25, -0.2) is 9.59 Å². The summed E-state index contributed by atoms with van der Waals surface area (Å²) in [5, 5.41) is 33.6. The summed E-state index contributed by atoms with van der Waals surface area (Å²) in [5.41, 5.74) is 0. The van der Waals surface area contributed by atoms with Gasteiger partial charge in [-0.1, -0.05) is 5.21 Å². The van der Waals surface area contributed by atoms with Gasteiger partial charge in [-0.05, 0) is 0 Å². The molecule has 2 atom stereocenters. The quantitative estimate of drug-likeness (QED) is 0.486. The van der Waals surface area contributed by atoms with Crippen molar-refractivity contribution in [1.29, 1.82) is 0 Å². The zero-order valence-electron chi connectivity index (χ0n) is 9.28. The minimum Gasteiger partial charge on any atom is -0.480 e. The number of urea groups is 1. The first-order valence-corrected chi connectivity index (χ1v) is 5.25. The number of amides is 2. The lowest BCUT2D eigenvalue weighted by molar-refractivity contribution is -0.141. The molecule has 0 saturated carbocycles. The van der Waals surface area contributed by atoms with E-state index in [4.69, 9.17) is 5.11 Å². The molecule has 0 aromatic carbocycles. The molecule has 1 aliphatic heterocycles. The fraction of sp³-hybridized carbons (Fsp3) is 0.625. The van der Waals surface area contributed by atoms with Crippen LogP contribution in [0.25, 0.3) is 0 Å². The van der Waals surface area contributed by atoms with Crippen molar-refractivity contribution in [2.45, 2.75) is 25.1 Å². The van der Waals surface area contributed by atoms with E-state index < -0.39 is 24.1 Å². The zero-order chi connectivity index (χ0) is 13.1. The van der Waals surface area contributed by atoms with Gasteiger partial charge in [-0.15, -0.1) is 10.2 Å². The van der Waals surface area contributed by atoms with Crippen LogP contribution in [0.1, 0.15) is 12.2 Å². The van der Waals surface area contributed by atoms with Gasteiger partial charge in [0.15, 0.2) is 5.82 Å². The Hall–Kier alpha value is -2.23. The molecule has 10 nitrogen and oxygen atoms in total. The van der Waals surface area contributed by atoms with E-state index in [0.29, 0.717) is 0 Å². The number of nitrogens with one attached hydrogen (secondary N) is 2. The van der Waals surface area contributed by atoms with Crippen LogP contribution in [0.5, 0.6) is 0 Å². The standard InChI is InChI=1S/C8H12N6O4/c15-4-1-5(7(16)17)14(3-4)8(18)9-2-6-10-12-13-11-6/h4-5,15H,1-3H2,(H,9,18)(H,16,17)(H,10,11,12,13)/t4-,5-/m0/s1. The number of β-amino-alcohol motifs (C(OH)–C–C–N with tert-alkyl or cyclic N) is 1. The molecule has 2 rings (SSSR count). The van der Waals surface area contributed by atoms with Crippen molar-refractivity contribution in [2.24, 2.45) is 0 Å². The highest BCUT2D eigenvalue weighted by atomic mass is 16.4. The molecule has 18 heavy (non-hydrogen) atoms. The molecule has 1 aliphatic rings. The fourth-order valence-corrected chi connectivity index (χ4v) is 1.79. The number of tetrazole rings is 1. The summed E-state index contributed by atoms with van der Waals surface area (Å²) in [6.07, 6.45) is -0.785. The lowest BCUT2D eigenvalue weighted by atomic mass is 10.2. The van der Waals surface area contributed by atoms with Gasteiger partial charge in [0.1, 0.15) is 6.04 Å². The molecule has 2 heterocycles. The molecule has 1 fully saturated rings. The third-order valence-corrected chi connectivity index (χ3v) is 2.61. The second kappa shape index (κ2) is 4.96. The topological polar surface area (TPSA) is 144 Å². The van der Waals surface area contributed by atoms with Gasteiger partial charge in [-0.3, -0.25) is 0 Å². The van der Waals surface area contributed by atoms with Crippen LogP contribution in [0, 0.1) is 0 Å². The number of H-pyrrole nitrogens is 1. The van der Waals surface area contributed by atoms with Crippen molar-refractivity contribution in [3.05, 3.63) is 5.82 Å². The number of aromatic amines is 1. The largest absolute Gasteiger partial charge is 0.480 e. The normalized spacial score (nSPS) is 23.1. The first kappa shape index (κ1) is 12.2. The molecule has 1 aromatic heterocycles. The van der Waals surface area contributed by atoms with Gasteiger partial charge >= 0.3 is 12.0 Å². The van der Waals surface area contributed by atoms with Crippen LogP contribution >= 0.6 is 0 Å². The smallest absolute Gasteiger partial charge is 0.326 e. The highest BCUT2D eigenvalue weighted by molar-refractivity contribution is 5.83. The van der Waals surface area contributed by atoms with Gasteiger partial charge in [0.25, 0.3) is 0 Å². The number of carbonyl (C=O) groups excluding carboxylic acids is 1. The molecule has 2 amide bonds. The van der Waals surface area contributed by atoms with Crippen molar-refractivity contribution >= 4 is 12.0 Å². The van der Waals surface area contributed by atoms with Crippen molar-refractivity contribution in [1.82, 2.24) is 30.8 Å². The maximum absolute atomic E-state index is 11.8. The summed E-state index contributed by atoms with van der Waals surface area (Å²) in [5.74, 6) is -0.851. The number of aliphatic hydroxyl groups is 1. The summed E-state index contributed by atoms with van der Waals surface area (Å²) >= 11 is 0. The molecule has 4 N–H and O–H groups in total. The van der Waals surface area contributed by atoms with E-state index in [9.17, 15) is 14.7 Å². The number of carboxylic acids is 1. The second-order valence-electron chi connectivity index (χ2n) is 3.88. The lowest BCUT2D eigenvalue weighted by Gasteiger charge is -2.20. The Labute approximate surface area is 101 Å². The molecule has 0 radical (unpaired) electrons. The average Bonchev–Trinajstić information content (AvgIpc) is 2.94. The van der Waals surface area contributed by atoms with E-state index in [0.717, 1.165) is 4.90 Å². The maximum atomic E-state index is 11.8. The number of hydrogen-bond donors (Lipinski definition) is 4.